The van der Waals surface area contributed by atoms with E-state index in [0.29, 0.717) is 12.2 Å². The minimum atomic E-state index is 0.567. The zero-order valence-electron chi connectivity index (χ0n) is 7.78. The van der Waals surface area contributed by atoms with E-state index in [4.69, 9.17) is 0 Å². The molecule has 0 radical (unpaired) electrons. The van der Waals surface area contributed by atoms with E-state index in [1.807, 2.05) is 19.1 Å². The molecule has 78 valence electrons. The molecule has 0 aliphatic rings. The van der Waals surface area contributed by atoms with Gasteiger partial charge in [0, 0.05) is 4.47 Å². The van der Waals surface area contributed by atoms with Crippen molar-refractivity contribution >= 4 is 44.3 Å². The van der Waals surface area contributed by atoms with Gasteiger partial charge in [0.25, 0.3) is 0 Å². The summed E-state index contributed by atoms with van der Waals surface area (Å²) in [6.07, 6.45) is 2.29. The molecule has 0 amide bonds. The average molecular weight is 397 g/mol. The molecule has 0 fully saturated rings. The first-order chi connectivity index (χ1) is 7.20. The number of pyridine rings is 1. The molecule has 2 aromatic rings. The Hall–Kier alpha value is -0.0700. The van der Waals surface area contributed by atoms with Gasteiger partial charge in [0.15, 0.2) is 5.82 Å². The third-order valence-electron chi connectivity index (χ3n) is 1.83. The van der Waals surface area contributed by atoms with Gasteiger partial charge in [0.2, 0.25) is 0 Å². The van der Waals surface area contributed by atoms with E-state index in [1.54, 1.807) is 10.8 Å². The predicted molar refractivity (Wildman–Crippen MR) is 73.4 cm³/mol. The number of nitrogens with zero attached hydrogens (tertiary/aromatic N) is 4. The first-order valence-corrected chi connectivity index (χ1v) is 8.98. The molecule has 2 aromatic heterocycles. The van der Waals surface area contributed by atoms with Crippen LogP contribution in [0.2, 0.25) is 0 Å². The first-order valence-electron chi connectivity index (χ1n) is 4.12. The highest BCUT2D eigenvalue weighted by Crippen LogP contribution is 2.24. The molecule has 0 spiro atoms. The number of halogens is 2. The summed E-state index contributed by atoms with van der Waals surface area (Å²) in [5.74, 6) is 0.676. The Morgan fingerprint density at radius 2 is 2.27 bits per heavy atom. The second kappa shape index (κ2) is 4.84. The third-order valence-corrected chi connectivity index (χ3v) is 4.54. The summed E-state index contributed by atoms with van der Waals surface area (Å²) in [5.41, 5.74) is 1.75. The maximum Gasteiger partial charge on any atom is 0.200 e. The quantitative estimate of drug-likeness (QED) is 0.578. The van der Waals surface area contributed by atoms with Crippen LogP contribution < -0.4 is 0 Å². The topological polar surface area (TPSA) is 43.6 Å². The minimum Gasteiger partial charge on any atom is -0.249 e. The van der Waals surface area contributed by atoms with E-state index >= 15 is 0 Å². The average Bonchev–Trinajstić information content (AvgIpc) is 2.70. The summed E-state index contributed by atoms with van der Waals surface area (Å²) in [7, 11) is 0. The van der Waals surface area contributed by atoms with Gasteiger partial charge < -0.3 is 0 Å². The van der Waals surface area contributed by atoms with Crippen molar-refractivity contribution in [1.29, 1.82) is 0 Å². The van der Waals surface area contributed by atoms with Gasteiger partial charge in [-0.3, -0.25) is 0 Å². The highest BCUT2D eigenvalue weighted by atomic mass is 127. The van der Waals surface area contributed by atoms with Crippen molar-refractivity contribution in [2.45, 2.75) is 6.92 Å². The number of hydrogen-bond donors (Lipinski definition) is 0. The molecular formula is C8H7BrIN4P. The lowest BCUT2D eigenvalue weighted by atomic mass is 10.3. The van der Waals surface area contributed by atoms with Crippen LogP contribution in [0.25, 0.3) is 11.5 Å². The second-order valence-electron chi connectivity index (χ2n) is 2.86. The molecular weight excluding hydrogens is 390 g/mol. The highest BCUT2D eigenvalue weighted by Gasteiger charge is 2.06. The van der Waals surface area contributed by atoms with E-state index in [2.05, 4.69) is 53.0 Å². The largest absolute Gasteiger partial charge is 0.249 e. The van der Waals surface area contributed by atoms with Crippen molar-refractivity contribution in [3.05, 3.63) is 28.6 Å². The summed E-state index contributed by atoms with van der Waals surface area (Å²) in [4.78, 5) is 8.61. The monoisotopic (exact) mass is 396 g/mol. The summed E-state index contributed by atoms with van der Waals surface area (Å²) >= 11 is 5.67. The normalized spacial score (nSPS) is 11.4. The molecule has 1 unspecified atom stereocenters. The van der Waals surface area contributed by atoms with Crippen LogP contribution in [0.15, 0.2) is 22.9 Å². The number of hydrogen-bond acceptors (Lipinski definition) is 3. The third kappa shape index (κ3) is 2.54. The maximum absolute atomic E-state index is 4.41. The zero-order valence-corrected chi connectivity index (χ0v) is 12.5. The molecule has 0 bridgehead atoms. The summed E-state index contributed by atoms with van der Waals surface area (Å²) in [6.45, 7) is 1.95. The molecule has 4 nitrogen and oxygen atoms in total. The highest BCUT2D eigenvalue weighted by molar-refractivity contribution is 14.2. The summed E-state index contributed by atoms with van der Waals surface area (Å²) < 4.78 is 2.80. The van der Waals surface area contributed by atoms with Crippen molar-refractivity contribution < 1.29 is 0 Å². The Bertz CT molecular complexity index is 487. The van der Waals surface area contributed by atoms with E-state index in [1.165, 1.54) is 0 Å². The molecule has 0 N–H and O–H groups in total. The van der Waals surface area contributed by atoms with Crippen LogP contribution in [0.3, 0.4) is 0 Å². The smallest absolute Gasteiger partial charge is 0.200 e. The van der Waals surface area contributed by atoms with E-state index in [-0.39, 0.29) is 0 Å². The molecule has 2 heterocycles. The number of aryl methyl sites for hydroxylation is 1. The second-order valence-corrected chi connectivity index (χ2v) is 5.79. The van der Waals surface area contributed by atoms with E-state index in [9.17, 15) is 0 Å². The molecule has 0 aromatic carbocycles. The standard InChI is InChI=1S/C8H7BrIN4P/c1-5-6(9)2-3-7(12-5)8-11-4-14(13-8)15-10/h2-4,15H,1H3. The van der Waals surface area contributed by atoms with Crippen molar-refractivity contribution in [3.63, 3.8) is 0 Å². The molecule has 0 saturated heterocycles. The Labute approximate surface area is 110 Å². The fraction of sp³-hybridized carbons (Fsp3) is 0.125. The molecule has 0 aliphatic carbocycles. The van der Waals surface area contributed by atoms with Gasteiger partial charge in [-0.1, -0.05) is 0 Å². The van der Waals surface area contributed by atoms with Crippen LogP contribution in [-0.4, -0.2) is 19.5 Å². The molecule has 2 rings (SSSR count). The first kappa shape index (κ1) is 11.4. The lowest BCUT2D eigenvalue weighted by molar-refractivity contribution is 1.01. The van der Waals surface area contributed by atoms with Gasteiger partial charge in [-0.2, -0.15) is 0 Å². The number of aromatic nitrogens is 4. The zero-order chi connectivity index (χ0) is 10.8. The molecule has 15 heavy (non-hydrogen) atoms. The summed E-state index contributed by atoms with van der Waals surface area (Å²) in [6, 6.07) is 3.87. The SMILES string of the molecule is Cc1nc(-c2ncn(PI)n2)ccc1Br. The van der Waals surface area contributed by atoms with Crippen LogP contribution in [0.5, 0.6) is 0 Å². The lowest BCUT2D eigenvalue weighted by Gasteiger charge is -1.99. The van der Waals surface area contributed by atoms with Crippen LogP contribution >= 0.6 is 44.3 Å². The maximum atomic E-state index is 4.41. The lowest BCUT2D eigenvalue weighted by Crippen LogP contribution is -1.90. The Balaban J connectivity index is 2.40. The van der Waals surface area contributed by atoms with Crippen LogP contribution in [0, 0.1) is 6.92 Å². The van der Waals surface area contributed by atoms with E-state index in [0.717, 1.165) is 15.9 Å². The van der Waals surface area contributed by atoms with Crippen molar-refractivity contribution in [1.82, 2.24) is 19.5 Å². The van der Waals surface area contributed by atoms with Crippen LogP contribution in [0.1, 0.15) is 5.69 Å². The predicted octanol–water partition coefficient (Wildman–Crippen LogP) is 3.20. The van der Waals surface area contributed by atoms with Gasteiger partial charge >= 0.3 is 0 Å². The van der Waals surface area contributed by atoms with E-state index < -0.39 is 0 Å². The molecule has 0 aliphatic heterocycles. The molecule has 7 heteroatoms. The number of rotatable bonds is 2. The fourth-order valence-corrected chi connectivity index (χ4v) is 2.24. The van der Waals surface area contributed by atoms with Gasteiger partial charge in [-0.15, -0.1) is 5.10 Å². The Morgan fingerprint density at radius 3 is 2.87 bits per heavy atom. The van der Waals surface area contributed by atoms with Crippen LogP contribution in [0.4, 0.5) is 0 Å². The van der Waals surface area contributed by atoms with Crippen molar-refractivity contribution in [2.24, 2.45) is 0 Å². The van der Waals surface area contributed by atoms with Gasteiger partial charge in [0.1, 0.15) is 12.0 Å². The van der Waals surface area contributed by atoms with Gasteiger partial charge in [-0.25, -0.2) is 14.4 Å². The Kier molecular flexibility index (Phi) is 3.69. The van der Waals surface area contributed by atoms with Gasteiger partial charge in [0.05, 0.1) is 12.1 Å². The minimum absolute atomic E-state index is 0.567. The summed E-state index contributed by atoms with van der Waals surface area (Å²) in [5, 5.41) is 4.30. The van der Waals surface area contributed by atoms with Gasteiger partial charge in [-0.05, 0) is 57.0 Å². The van der Waals surface area contributed by atoms with Crippen LogP contribution in [-0.2, 0) is 0 Å². The Morgan fingerprint density at radius 1 is 1.47 bits per heavy atom. The van der Waals surface area contributed by atoms with Crippen molar-refractivity contribution in [2.75, 3.05) is 0 Å². The molecule has 1 atom stereocenters. The fourth-order valence-electron chi connectivity index (χ4n) is 1.09. The van der Waals surface area contributed by atoms with Crippen molar-refractivity contribution in [3.8, 4) is 11.5 Å². The molecule has 0 saturated carbocycles.